The second-order valence-corrected chi connectivity index (χ2v) is 5.41. The number of fused-ring (bicyclic) bond motifs is 1. The lowest BCUT2D eigenvalue weighted by atomic mass is 9.95. The molecule has 116 valence electrons. The van der Waals surface area contributed by atoms with Crippen LogP contribution in [-0.2, 0) is 6.18 Å². The molecule has 1 aromatic rings. The molecule has 6 heteroatoms. The van der Waals surface area contributed by atoms with Crippen LogP contribution in [0.15, 0.2) is 12.1 Å². The van der Waals surface area contributed by atoms with Crippen LogP contribution in [0.2, 0.25) is 0 Å². The van der Waals surface area contributed by atoms with E-state index in [4.69, 9.17) is 9.47 Å². The summed E-state index contributed by atoms with van der Waals surface area (Å²) in [7, 11) is 0. The molecular weight excluding hydrogens is 283 g/mol. The first-order chi connectivity index (χ1) is 10.1. The maximum absolute atomic E-state index is 13.1. The Balaban J connectivity index is 2.05. The van der Waals surface area contributed by atoms with Crippen LogP contribution in [0.25, 0.3) is 0 Å². The summed E-state index contributed by atoms with van der Waals surface area (Å²) >= 11 is 0. The fourth-order valence-corrected chi connectivity index (χ4v) is 2.89. The van der Waals surface area contributed by atoms with E-state index >= 15 is 0 Å². The van der Waals surface area contributed by atoms with Crippen molar-refractivity contribution in [2.75, 3.05) is 19.8 Å². The van der Waals surface area contributed by atoms with Crippen molar-refractivity contribution in [1.29, 1.82) is 0 Å². The molecular formula is C15H18F3NO2. The SMILES string of the molecule is FC(F)(F)c1ccc(C2CCCCN2)c2c1OCCCO2. The predicted molar refractivity (Wildman–Crippen MR) is 71.6 cm³/mol. The van der Waals surface area contributed by atoms with Crippen molar-refractivity contribution in [3.63, 3.8) is 0 Å². The summed E-state index contributed by atoms with van der Waals surface area (Å²) in [5.41, 5.74) is 0.0264. The number of alkyl halides is 3. The molecule has 1 saturated heterocycles. The lowest BCUT2D eigenvalue weighted by Gasteiger charge is -2.27. The van der Waals surface area contributed by atoms with Crippen LogP contribution in [0.1, 0.15) is 42.9 Å². The highest BCUT2D eigenvalue weighted by Crippen LogP contribution is 2.46. The molecule has 0 bridgehead atoms. The molecule has 3 nitrogen and oxygen atoms in total. The predicted octanol–water partition coefficient (Wildman–Crippen LogP) is 3.68. The van der Waals surface area contributed by atoms with E-state index in [0.717, 1.165) is 37.4 Å². The maximum Gasteiger partial charge on any atom is 0.420 e. The van der Waals surface area contributed by atoms with Crippen LogP contribution >= 0.6 is 0 Å². The molecule has 1 atom stereocenters. The molecule has 2 heterocycles. The lowest BCUT2D eigenvalue weighted by molar-refractivity contribution is -0.139. The van der Waals surface area contributed by atoms with Crippen LogP contribution in [0.4, 0.5) is 13.2 Å². The number of halogens is 3. The van der Waals surface area contributed by atoms with Crippen molar-refractivity contribution in [2.24, 2.45) is 0 Å². The van der Waals surface area contributed by atoms with Crippen LogP contribution in [0.5, 0.6) is 11.5 Å². The van der Waals surface area contributed by atoms with E-state index in [-0.39, 0.29) is 24.1 Å². The zero-order valence-electron chi connectivity index (χ0n) is 11.6. The largest absolute Gasteiger partial charge is 0.489 e. The lowest BCUT2D eigenvalue weighted by Crippen LogP contribution is -2.27. The third-order valence-electron chi connectivity index (χ3n) is 3.92. The molecule has 21 heavy (non-hydrogen) atoms. The van der Waals surface area contributed by atoms with Gasteiger partial charge in [-0.3, -0.25) is 0 Å². The van der Waals surface area contributed by atoms with Gasteiger partial charge in [0.1, 0.15) is 5.56 Å². The monoisotopic (exact) mass is 301 g/mol. The molecule has 1 N–H and O–H groups in total. The number of hydrogen-bond donors (Lipinski definition) is 1. The van der Waals surface area contributed by atoms with Gasteiger partial charge in [0.05, 0.1) is 13.2 Å². The first-order valence-corrected chi connectivity index (χ1v) is 7.30. The standard InChI is InChI=1S/C15H18F3NO2/c16-15(17,18)11-6-5-10(12-4-1-2-7-19-12)13-14(11)21-9-3-8-20-13/h5-6,12,19H,1-4,7-9H2. The van der Waals surface area contributed by atoms with Crippen molar-refractivity contribution >= 4 is 0 Å². The van der Waals surface area contributed by atoms with Crippen molar-refractivity contribution in [3.05, 3.63) is 23.3 Å². The minimum absolute atomic E-state index is 0.0384. The Morgan fingerprint density at radius 2 is 1.76 bits per heavy atom. The van der Waals surface area contributed by atoms with Crippen LogP contribution < -0.4 is 14.8 Å². The number of rotatable bonds is 1. The van der Waals surface area contributed by atoms with E-state index in [1.165, 1.54) is 6.07 Å². The molecule has 1 aromatic carbocycles. The normalized spacial score (nSPS) is 22.7. The highest BCUT2D eigenvalue weighted by atomic mass is 19.4. The Kier molecular flexibility index (Phi) is 3.97. The first-order valence-electron chi connectivity index (χ1n) is 7.30. The van der Waals surface area contributed by atoms with E-state index in [9.17, 15) is 13.2 Å². The van der Waals surface area contributed by atoms with Crippen LogP contribution in [0.3, 0.4) is 0 Å². The molecule has 0 amide bonds. The third kappa shape index (κ3) is 2.95. The Hall–Kier alpha value is -1.43. The number of nitrogens with one attached hydrogen (secondary N) is 1. The Labute approximate surface area is 121 Å². The quantitative estimate of drug-likeness (QED) is 0.858. The average molecular weight is 301 g/mol. The van der Waals surface area contributed by atoms with Crippen molar-refractivity contribution in [2.45, 2.75) is 37.9 Å². The summed E-state index contributed by atoms with van der Waals surface area (Å²) < 4.78 is 50.4. The second-order valence-electron chi connectivity index (χ2n) is 5.41. The zero-order chi connectivity index (χ0) is 14.9. The molecule has 0 radical (unpaired) electrons. The molecule has 2 aliphatic rings. The van der Waals surface area contributed by atoms with Gasteiger partial charge in [-0.2, -0.15) is 13.2 Å². The fraction of sp³-hybridized carbons (Fsp3) is 0.600. The van der Waals surface area contributed by atoms with Gasteiger partial charge in [0.2, 0.25) is 0 Å². The minimum atomic E-state index is -4.43. The Morgan fingerprint density at radius 3 is 2.43 bits per heavy atom. The third-order valence-corrected chi connectivity index (χ3v) is 3.92. The van der Waals surface area contributed by atoms with E-state index in [1.807, 2.05) is 0 Å². The number of benzene rings is 1. The van der Waals surface area contributed by atoms with Crippen LogP contribution in [-0.4, -0.2) is 19.8 Å². The van der Waals surface area contributed by atoms with Gasteiger partial charge in [0, 0.05) is 18.0 Å². The van der Waals surface area contributed by atoms with Crippen molar-refractivity contribution in [1.82, 2.24) is 5.32 Å². The molecule has 0 saturated carbocycles. The molecule has 1 unspecified atom stereocenters. The van der Waals surface area contributed by atoms with Gasteiger partial charge in [-0.25, -0.2) is 0 Å². The van der Waals surface area contributed by atoms with Gasteiger partial charge in [-0.1, -0.05) is 12.5 Å². The van der Waals surface area contributed by atoms with E-state index in [0.29, 0.717) is 13.0 Å². The molecule has 0 spiro atoms. The minimum Gasteiger partial charge on any atom is -0.489 e. The van der Waals surface area contributed by atoms with Crippen LogP contribution in [0, 0.1) is 0 Å². The second kappa shape index (κ2) is 5.75. The summed E-state index contributed by atoms with van der Waals surface area (Å²) in [6.45, 7) is 1.51. The molecule has 0 aromatic heterocycles. The summed E-state index contributed by atoms with van der Waals surface area (Å²) in [5.74, 6) is 0.117. The summed E-state index contributed by atoms with van der Waals surface area (Å²) in [4.78, 5) is 0. The zero-order valence-corrected chi connectivity index (χ0v) is 11.6. The summed E-state index contributed by atoms with van der Waals surface area (Å²) in [5, 5.41) is 3.35. The maximum atomic E-state index is 13.1. The summed E-state index contributed by atoms with van der Waals surface area (Å²) in [6.07, 6.45) is -0.786. The molecule has 0 aliphatic carbocycles. The smallest absolute Gasteiger partial charge is 0.420 e. The highest BCUT2D eigenvalue weighted by molar-refractivity contribution is 5.54. The molecule has 2 aliphatic heterocycles. The Bertz CT molecular complexity index is 510. The fourth-order valence-electron chi connectivity index (χ4n) is 2.89. The Morgan fingerprint density at radius 1 is 1.00 bits per heavy atom. The first kappa shape index (κ1) is 14.5. The number of hydrogen-bond acceptors (Lipinski definition) is 3. The van der Waals surface area contributed by atoms with Crippen molar-refractivity contribution < 1.29 is 22.6 Å². The van der Waals surface area contributed by atoms with E-state index in [2.05, 4.69) is 5.32 Å². The average Bonchev–Trinajstić information content (AvgIpc) is 2.71. The van der Waals surface area contributed by atoms with Gasteiger partial charge in [-0.05, 0) is 25.5 Å². The van der Waals surface area contributed by atoms with Gasteiger partial charge in [0.15, 0.2) is 11.5 Å². The van der Waals surface area contributed by atoms with Gasteiger partial charge < -0.3 is 14.8 Å². The van der Waals surface area contributed by atoms with Gasteiger partial charge in [0.25, 0.3) is 0 Å². The summed E-state index contributed by atoms with van der Waals surface area (Å²) in [6, 6.07) is 2.68. The van der Waals surface area contributed by atoms with E-state index in [1.54, 1.807) is 0 Å². The highest BCUT2D eigenvalue weighted by Gasteiger charge is 2.38. The molecule has 3 rings (SSSR count). The molecule has 1 fully saturated rings. The number of ether oxygens (including phenoxy) is 2. The van der Waals surface area contributed by atoms with E-state index < -0.39 is 11.7 Å². The van der Waals surface area contributed by atoms with Crippen molar-refractivity contribution in [3.8, 4) is 11.5 Å². The van der Waals surface area contributed by atoms with Gasteiger partial charge in [-0.15, -0.1) is 0 Å². The number of piperidine rings is 1. The topological polar surface area (TPSA) is 30.5 Å². The van der Waals surface area contributed by atoms with Gasteiger partial charge >= 0.3 is 6.18 Å².